The zero-order chi connectivity index (χ0) is 51.3. The van der Waals surface area contributed by atoms with Crippen LogP contribution in [0.1, 0.15) is 277 Å². The zero-order valence-corrected chi connectivity index (χ0v) is 46.7. The molecule has 8 nitrogen and oxygen atoms in total. The molecular formula is C62H113NO7. The van der Waals surface area contributed by atoms with Crippen LogP contribution in [0.15, 0.2) is 48.6 Å². The molecule has 0 aliphatic rings. The first kappa shape index (κ1) is 67.3. The Morgan fingerprint density at radius 2 is 0.757 bits per heavy atom. The second kappa shape index (κ2) is 52.6. The highest BCUT2D eigenvalue weighted by molar-refractivity contribution is 5.70. The molecule has 0 saturated heterocycles. The van der Waals surface area contributed by atoms with E-state index < -0.39 is 18.1 Å². The molecule has 0 aromatic rings. The van der Waals surface area contributed by atoms with Crippen LogP contribution in [0.2, 0.25) is 0 Å². The van der Waals surface area contributed by atoms with Gasteiger partial charge in [-0.1, -0.05) is 229 Å². The Kier molecular flexibility index (Phi) is 50.6. The van der Waals surface area contributed by atoms with E-state index in [2.05, 4.69) is 62.5 Å². The number of carbonyl (C=O) groups is 3. The van der Waals surface area contributed by atoms with E-state index in [4.69, 9.17) is 14.2 Å². The molecule has 0 aromatic carbocycles. The molecular weight excluding hydrogens is 871 g/mol. The van der Waals surface area contributed by atoms with E-state index in [-0.39, 0.29) is 42.7 Å². The number of carbonyl (C=O) groups excluding carboxylic acids is 3. The van der Waals surface area contributed by atoms with E-state index in [1.54, 1.807) is 0 Å². The van der Waals surface area contributed by atoms with Gasteiger partial charge in [0.2, 0.25) is 0 Å². The van der Waals surface area contributed by atoms with Crippen LogP contribution in [0.4, 0.5) is 0 Å². The van der Waals surface area contributed by atoms with Crippen molar-refractivity contribution in [2.75, 3.05) is 41.0 Å². The Balaban J connectivity index is 4.19. The minimum Gasteiger partial charge on any atom is -0.544 e. The highest BCUT2D eigenvalue weighted by Crippen LogP contribution is 2.16. The van der Waals surface area contributed by atoms with Crippen LogP contribution < -0.4 is 5.11 Å². The molecule has 70 heavy (non-hydrogen) atoms. The molecule has 2 unspecified atom stereocenters. The van der Waals surface area contributed by atoms with Crippen molar-refractivity contribution in [3.05, 3.63) is 48.6 Å². The van der Waals surface area contributed by atoms with Crippen molar-refractivity contribution < 1.29 is 38.2 Å². The zero-order valence-electron chi connectivity index (χ0n) is 46.7. The Morgan fingerprint density at radius 3 is 1.10 bits per heavy atom. The molecule has 0 aromatic heterocycles. The number of rotatable bonds is 54. The summed E-state index contributed by atoms with van der Waals surface area (Å²) >= 11 is 0. The van der Waals surface area contributed by atoms with E-state index in [9.17, 15) is 19.5 Å². The van der Waals surface area contributed by atoms with Gasteiger partial charge in [-0.2, -0.15) is 0 Å². The van der Waals surface area contributed by atoms with Gasteiger partial charge in [-0.3, -0.25) is 9.59 Å². The number of aliphatic carboxylic acids is 1. The maximum Gasteiger partial charge on any atom is 0.306 e. The Labute approximate surface area is 433 Å². The van der Waals surface area contributed by atoms with Crippen LogP contribution in [0.5, 0.6) is 0 Å². The molecule has 8 heteroatoms. The highest BCUT2D eigenvalue weighted by Gasteiger charge is 2.25. The Hall–Kier alpha value is -2.71. The number of esters is 2. The summed E-state index contributed by atoms with van der Waals surface area (Å²) in [6.45, 7) is 4.69. The normalized spacial score (nSPS) is 13.1. The minimum atomic E-state index is -1.13. The maximum absolute atomic E-state index is 12.8. The molecule has 0 bridgehead atoms. The second-order valence-electron chi connectivity index (χ2n) is 21.2. The van der Waals surface area contributed by atoms with Crippen molar-refractivity contribution in [1.82, 2.24) is 0 Å². The second-order valence-corrected chi connectivity index (χ2v) is 21.2. The van der Waals surface area contributed by atoms with Gasteiger partial charge in [0, 0.05) is 19.3 Å². The number of hydrogen-bond donors (Lipinski definition) is 0. The SMILES string of the molecule is CCCCCCCCCCC/C=C/C/C=C/CCCCCCCCCC(=O)OCC(COCCC(C(=O)[O-])[N+](C)(C)C)OC(=O)CCCCCCCCC/C=C/C/C=C/CCCCCCCCCCC. The number of likely N-dealkylation sites (N-methyl/N-ethyl adjacent to an activating group) is 1. The number of hydrogen-bond acceptors (Lipinski definition) is 7. The lowest BCUT2D eigenvalue weighted by Gasteiger charge is -2.34. The van der Waals surface area contributed by atoms with Crippen molar-refractivity contribution in [1.29, 1.82) is 0 Å². The van der Waals surface area contributed by atoms with Gasteiger partial charge in [-0.15, -0.1) is 0 Å². The lowest BCUT2D eigenvalue weighted by molar-refractivity contribution is -0.889. The summed E-state index contributed by atoms with van der Waals surface area (Å²) in [4.78, 5) is 37.2. The fourth-order valence-electron chi connectivity index (χ4n) is 8.84. The standard InChI is InChI=1S/C62H113NO7/c1-6-8-10-12-14-16-18-20-22-24-26-28-30-32-34-36-38-40-42-44-46-48-50-52-60(64)69-57-58(56-68-55-54-59(62(66)67)63(3,4)5)70-61(65)53-51-49-47-45-43-41-39-37-35-33-31-29-27-25-23-21-19-17-15-13-11-9-7-2/h26-29,32-35,58-59H,6-25,30-31,36-57H2,1-5H3/b28-26+,29-27+,34-32+,35-33+. The average Bonchev–Trinajstić information content (AvgIpc) is 3.33. The van der Waals surface area contributed by atoms with Crippen molar-refractivity contribution in [2.24, 2.45) is 0 Å². The number of ether oxygens (including phenoxy) is 3. The molecule has 0 aliphatic heterocycles. The fourth-order valence-corrected chi connectivity index (χ4v) is 8.84. The maximum atomic E-state index is 12.8. The third-order valence-corrected chi connectivity index (χ3v) is 13.4. The molecule has 0 saturated carbocycles. The average molecular weight is 985 g/mol. The lowest BCUT2D eigenvalue weighted by atomic mass is 10.1. The first-order chi connectivity index (χ1) is 34.1. The van der Waals surface area contributed by atoms with E-state index in [1.165, 1.54) is 180 Å². The molecule has 0 N–H and O–H groups in total. The number of carboxylic acids is 1. The van der Waals surface area contributed by atoms with Gasteiger partial charge in [0.05, 0.1) is 40.3 Å². The first-order valence-corrected chi connectivity index (χ1v) is 29.7. The minimum absolute atomic E-state index is 0.0352. The van der Waals surface area contributed by atoms with Crippen LogP contribution in [-0.2, 0) is 28.6 Å². The summed E-state index contributed by atoms with van der Waals surface area (Å²) in [5.74, 6) is -1.74. The molecule has 2 atom stereocenters. The van der Waals surface area contributed by atoms with Crippen molar-refractivity contribution in [2.45, 2.75) is 289 Å². The fraction of sp³-hybridized carbons (Fsp3) is 0.823. The Bertz CT molecular complexity index is 1280. The van der Waals surface area contributed by atoms with Gasteiger partial charge in [0.25, 0.3) is 0 Å². The van der Waals surface area contributed by atoms with Crippen molar-refractivity contribution in [3.63, 3.8) is 0 Å². The van der Waals surface area contributed by atoms with E-state index in [0.29, 0.717) is 12.8 Å². The van der Waals surface area contributed by atoms with E-state index >= 15 is 0 Å². The van der Waals surface area contributed by atoms with Crippen LogP contribution in [0.25, 0.3) is 0 Å². The van der Waals surface area contributed by atoms with Crippen LogP contribution >= 0.6 is 0 Å². The third-order valence-electron chi connectivity index (χ3n) is 13.4. The summed E-state index contributed by atoms with van der Waals surface area (Å²) < 4.78 is 17.3. The lowest BCUT2D eigenvalue weighted by Crippen LogP contribution is -2.55. The summed E-state index contributed by atoms with van der Waals surface area (Å²) in [5.41, 5.74) is 0. The summed E-state index contributed by atoms with van der Waals surface area (Å²) in [6.07, 6.45) is 65.9. The number of carboxylic acid groups (broad SMARTS) is 1. The van der Waals surface area contributed by atoms with Crippen molar-refractivity contribution >= 4 is 17.9 Å². The number of allylic oxidation sites excluding steroid dienone is 8. The number of unbranched alkanes of at least 4 members (excludes halogenated alkanes) is 32. The summed E-state index contributed by atoms with van der Waals surface area (Å²) in [6, 6.07) is -0.731. The molecule has 0 radical (unpaired) electrons. The first-order valence-electron chi connectivity index (χ1n) is 29.7. The summed E-state index contributed by atoms with van der Waals surface area (Å²) in [5, 5.41) is 11.7. The van der Waals surface area contributed by atoms with Gasteiger partial charge in [0.1, 0.15) is 12.6 Å². The smallest absolute Gasteiger partial charge is 0.306 e. The number of quaternary nitrogens is 1. The molecule has 0 rings (SSSR count). The molecule has 0 amide bonds. The van der Waals surface area contributed by atoms with Crippen molar-refractivity contribution in [3.8, 4) is 0 Å². The molecule has 0 fully saturated rings. The van der Waals surface area contributed by atoms with Crippen LogP contribution in [0, 0.1) is 0 Å². The van der Waals surface area contributed by atoms with Crippen LogP contribution in [0.3, 0.4) is 0 Å². The number of nitrogens with zero attached hydrogens (tertiary/aromatic N) is 1. The van der Waals surface area contributed by atoms with E-state index in [0.717, 1.165) is 64.2 Å². The largest absolute Gasteiger partial charge is 0.544 e. The quantitative estimate of drug-likeness (QED) is 0.0259. The molecule has 0 spiro atoms. The molecule has 0 aliphatic carbocycles. The predicted molar refractivity (Wildman–Crippen MR) is 296 cm³/mol. The van der Waals surface area contributed by atoms with Gasteiger partial charge in [-0.25, -0.2) is 0 Å². The van der Waals surface area contributed by atoms with Crippen LogP contribution in [-0.4, -0.2) is 75.5 Å². The monoisotopic (exact) mass is 984 g/mol. The van der Waals surface area contributed by atoms with Gasteiger partial charge in [-0.05, 0) is 77.0 Å². The Morgan fingerprint density at radius 1 is 0.429 bits per heavy atom. The topological polar surface area (TPSA) is 102 Å². The molecule has 0 heterocycles. The molecule has 408 valence electrons. The van der Waals surface area contributed by atoms with Gasteiger partial charge < -0.3 is 28.6 Å². The predicted octanol–water partition coefficient (Wildman–Crippen LogP) is 16.5. The summed E-state index contributed by atoms with van der Waals surface area (Å²) in [7, 11) is 5.42. The highest BCUT2D eigenvalue weighted by atomic mass is 16.6. The van der Waals surface area contributed by atoms with E-state index in [1.807, 2.05) is 21.1 Å². The third kappa shape index (κ3) is 50.2. The van der Waals surface area contributed by atoms with Gasteiger partial charge in [0.15, 0.2) is 6.10 Å². The van der Waals surface area contributed by atoms with Gasteiger partial charge >= 0.3 is 11.9 Å².